The van der Waals surface area contributed by atoms with Crippen LogP contribution >= 0.6 is 0 Å². The molecule has 3 nitrogen and oxygen atoms in total. The van der Waals surface area contributed by atoms with Gasteiger partial charge >= 0.3 is 5.97 Å². The van der Waals surface area contributed by atoms with E-state index in [1.807, 2.05) is 13.8 Å². The van der Waals surface area contributed by atoms with Gasteiger partial charge in [0, 0.05) is 12.6 Å². The Kier molecular flexibility index (Phi) is 4.14. The lowest BCUT2D eigenvalue weighted by molar-refractivity contribution is -0.150. The Balaban J connectivity index is 2.32. The lowest BCUT2D eigenvalue weighted by Crippen LogP contribution is -2.40. The fourth-order valence-corrected chi connectivity index (χ4v) is 2.14. The highest BCUT2D eigenvalue weighted by molar-refractivity contribution is 5.76. The van der Waals surface area contributed by atoms with Gasteiger partial charge in [-0.15, -0.1) is 0 Å². The summed E-state index contributed by atoms with van der Waals surface area (Å²) in [6.07, 6.45) is 3.77. The topological polar surface area (TPSA) is 38.3 Å². The molecule has 1 N–H and O–H groups in total. The third-order valence-electron chi connectivity index (χ3n) is 3.27. The number of nitrogens with one attached hydrogen (secondary N) is 1. The molecule has 88 valence electrons. The maximum atomic E-state index is 11.4. The Morgan fingerprint density at radius 3 is 2.60 bits per heavy atom. The van der Waals surface area contributed by atoms with E-state index in [0.717, 1.165) is 5.92 Å². The van der Waals surface area contributed by atoms with Gasteiger partial charge in [0.25, 0.3) is 0 Å². The summed E-state index contributed by atoms with van der Waals surface area (Å²) in [5.74, 6) is 0.685. The van der Waals surface area contributed by atoms with Gasteiger partial charge in [0.2, 0.25) is 0 Å². The predicted octanol–water partition coefficient (Wildman–Crippen LogP) is 1.96. The molecule has 1 saturated carbocycles. The monoisotopic (exact) mass is 213 g/mol. The third kappa shape index (κ3) is 3.49. The lowest BCUT2D eigenvalue weighted by Gasteiger charge is -2.24. The summed E-state index contributed by atoms with van der Waals surface area (Å²) < 4.78 is 4.77. The zero-order valence-electron chi connectivity index (χ0n) is 10.3. The Morgan fingerprint density at radius 2 is 2.13 bits per heavy atom. The van der Waals surface area contributed by atoms with Crippen LogP contribution in [0.15, 0.2) is 0 Å². The van der Waals surface area contributed by atoms with Crippen LogP contribution < -0.4 is 5.32 Å². The van der Waals surface area contributed by atoms with Gasteiger partial charge in [0.05, 0.1) is 12.5 Å². The molecule has 1 fully saturated rings. The number of esters is 1. The number of carbonyl (C=O) groups excluding carboxylic acids is 1. The van der Waals surface area contributed by atoms with Gasteiger partial charge in [0.15, 0.2) is 0 Å². The zero-order chi connectivity index (χ0) is 11.5. The van der Waals surface area contributed by atoms with Gasteiger partial charge in [-0.1, -0.05) is 6.92 Å². The SMILES string of the molecule is COC(=O)C(C)(C)CN[C@@H]1CC[C@@H](C)C1. The highest BCUT2D eigenvalue weighted by Crippen LogP contribution is 2.25. The zero-order valence-corrected chi connectivity index (χ0v) is 10.3. The first-order valence-corrected chi connectivity index (χ1v) is 5.77. The van der Waals surface area contributed by atoms with E-state index in [-0.39, 0.29) is 5.97 Å². The molecule has 0 spiro atoms. The van der Waals surface area contributed by atoms with Gasteiger partial charge in [-0.05, 0) is 39.0 Å². The molecule has 0 unspecified atom stereocenters. The van der Waals surface area contributed by atoms with Crippen molar-refractivity contribution < 1.29 is 9.53 Å². The number of methoxy groups -OCH3 is 1. The molecule has 0 aromatic rings. The first kappa shape index (κ1) is 12.5. The van der Waals surface area contributed by atoms with Crippen molar-refractivity contribution in [2.75, 3.05) is 13.7 Å². The third-order valence-corrected chi connectivity index (χ3v) is 3.27. The van der Waals surface area contributed by atoms with Gasteiger partial charge in [-0.25, -0.2) is 0 Å². The summed E-state index contributed by atoms with van der Waals surface area (Å²) in [6.45, 7) is 6.83. The van der Waals surface area contributed by atoms with Crippen molar-refractivity contribution >= 4 is 5.97 Å². The van der Waals surface area contributed by atoms with E-state index in [2.05, 4.69) is 12.2 Å². The van der Waals surface area contributed by atoms with Crippen molar-refractivity contribution in [2.24, 2.45) is 11.3 Å². The molecule has 0 aromatic carbocycles. The van der Waals surface area contributed by atoms with Crippen LogP contribution in [-0.4, -0.2) is 25.7 Å². The molecule has 0 heterocycles. The first-order valence-electron chi connectivity index (χ1n) is 5.77. The Hall–Kier alpha value is -0.570. The number of ether oxygens (including phenoxy) is 1. The summed E-state index contributed by atoms with van der Waals surface area (Å²) in [6, 6.07) is 0.587. The molecule has 1 aliphatic carbocycles. The smallest absolute Gasteiger partial charge is 0.312 e. The normalized spacial score (nSPS) is 26.7. The molecule has 0 saturated heterocycles. The van der Waals surface area contributed by atoms with Crippen LogP contribution in [0.4, 0.5) is 0 Å². The van der Waals surface area contributed by atoms with Crippen molar-refractivity contribution in [3.8, 4) is 0 Å². The maximum Gasteiger partial charge on any atom is 0.312 e. The minimum Gasteiger partial charge on any atom is -0.469 e. The minimum absolute atomic E-state index is 0.138. The summed E-state index contributed by atoms with van der Waals surface area (Å²) >= 11 is 0. The number of hydrogen-bond acceptors (Lipinski definition) is 3. The fraction of sp³-hybridized carbons (Fsp3) is 0.917. The van der Waals surface area contributed by atoms with Crippen LogP contribution in [0.1, 0.15) is 40.0 Å². The first-order chi connectivity index (χ1) is 6.95. The van der Waals surface area contributed by atoms with Gasteiger partial charge in [-0.2, -0.15) is 0 Å². The fourth-order valence-electron chi connectivity index (χ4n) is 2.14. The Labute approximate surface area is 92.6 Å². The van der Waals surface area contributed by atoms with Crippen LogP contribution in [0, 0.1) is 11.3 Å². The minimum atomic E-state index is -0.416. The summed E-state index contributed by atoms with van der Waals surface area (Å²) in [4.78, 5) is 11.4. The van der Waals surface area contributed by atoms with Crippen molar-refractivity contribution in [3.05, 3.63) is 0 Å². The van der Waals surface area contributed by atoms with Crippen LogP contribution in [0.25, 0.3) is 0 Å². The highest BCUT2D eigenvalue weighted by atomic mass is 16.5. The molecule has 1 aliphatic rings. The maximum absolute atomic E-state index is 11.4. The summed E-state index contributed by atoms with van der Waals surface area (Å²) in [7, 11) is 1.45. The molecule has 0 aliphatic heterocycles. The number of hydrogen-bond donors (Lipinski definition) is 1. The standard InChI is InChI=1S/C12H23NO2/c1-9-5-6-10(7-9)13-8-12(2,3)11(14)15-4/h9-10,13H,5-8H2,1-4H3/t9-,10-/m1/s1. The van der Waals surface area contributed by atoms with E-state index in [4.69, 9.17) is 4.74 Å². The second-order valence-corrected chi connectivity index (χ2v) is 5.37. The molecule has 1 rings (SSSR count). The molecule has 0 bridgehead atoms. The molecule has 0 amide bonds. The molecular weight excluding hydrogens is 190 g/mol. The molecule has 15 heavy (non-hydrogen) atoms. The highest BCUT2D eigenvalue weighted by Gasteiger charge is 2.30. The molecule has 0 aromatic heterocycles. The van der Waals surface area contributed by atoms with Crippen LogP contribution in [0.2, 0.25) is 0 Å². The lowest BCUT2D eigenvalue weighted by atomic mass is 9.93. The molecular formula is C12H23NO2. The molecule has 2 atom stereocenters. The van der Waals surface area contributed by atoms with E-state index in [0.29, 0.717) is 12.6 Å². The second kappa shape index (κ2) is 4.97. The second-order valence-electron chi connectivity index (χ2n) is 5.37. The Bertz CT molecular complexity index is 226. The van der Waals surface area contributed by atoms with Crippen molar-refractivity contribution in [1.82, 2.24) is 5.32 Å². The van der Waals surface area contributed by atoms with E-state index in [9.17, 15) is 4.79 Å². The number of carbonyl (C=O) groups is 1. The average molecular weight is 213 g/mol. The van der Waals surface area contributed by atoms with E-state index in [1.54, 1.807) is 0 Å². The van der Waals surface area contributed by atoms with Crippen molar-refractivity contribution in [1.29, 1.82) is 0 Å². The summed E-state index contributed by atoms with van der Waals surface area (Å²) in [5, 5.41) is 3.47. The van der Waals surface area contributed by atoms with Crippen LogP contribution in [-0.2, 0) is 9.53 Å². The van der Waals surface area contributed by atoms with Gasteiger partial charge in [-0.3, -0.25) is 4.79 Å². The van der Waals surface area contributed by atoms with Gasteiger partial charge in [0.1, 0.15) is 0 Å². The van der Waals surface area contributed by atoms with Crippen molar-refractivity contribution in [2.45, 2.75) is 46.1 Å². The van der Waals surface area contributed by atoms with E-state index < -0.39 is 5.41 Å². The Morgan fingerprint density at radius 1 is 1.47 bits per heavy atom. The van der Waals surface area contributed by atoms with Gasteiger partial charge < -0.3 is 10.1 Å². The molecule has 0 radical (unpaired) electrons. The van der Waals surface area contributed by atoms with E-state index >= 15 is 0 Å². The summed E-state index contributed by atoms with van der Waals surface area (Å²) in [5.41, 5.74) is -0.416. The van der Waals surface area contributed by atoms with Crippen LogP contribution in [0.5, 0.6) is 0 Å². The van der Waals surface area contributed by atoms with E-state index in [1.165, 1.54) is 26.4 Å². The van der Waals surface area contributed by atoms with Crippen LogP contribution in [0.3, 0.4) is 0 Å². The average Bonchev–Trinajstić information content (AvgIpc) is 2.60. The number of rotatable bonds is 4. The quantitative estimate of drug-likeness (QED) is 0.726. The largest absolute Gasteiger partial charge is 0.469 e. The van der Waals surface area contributed by atoms with Crippen molar-refractivity contribution in [3.63, 3.8) is 0 Å². The molecule has 3 heteroatoms. The predicted molar refractivity (Wildman–Crippen MR) is 60.6 cm³/mol.